The SMILES string of the molecule is NC(Cc1ccc2ccccc2c1)[C@H](C(=O)O)C(=O)OCC1c2ccccc2-c2ccccc21. The van der Waals surface area contributed by atoms with Gasteiger partial charge >= 0.3 is 11.9 Å². The molecule has 0 amide bonds. The van der Waals surface area contributed by atoms with Gasteiger partial charge in [-0.05, 0) is 45.0 Å². The van der Waals surface area contributed by atoms with Crippen molar-refractivity contribution in [2.24, 2.45) is 11.7 Å². The number of fused-ring (bicyclic) bond motifs is 4. The van der Waals surface area contributed by atoms with E-state index in [1.165, 1.54) is 0 Å². The summed E-state index contributed by atoms with van der Waals surface area (Å²) < 4.78 is 5.59. The summed E-state index contributed by atoms with van der Waals surface area (Å²) in [6, 6.07) is 28.9. The second kappa shape index (κ2) is 9.12. The van der Waals surface area contributed by atoms with Gasteiger partial charge in [-0.25, -0.2) is 0 Å². The molecule has 0 aromatic heterocycles. The maximum Gasteiger partial charge on any atom is 0.321 e. The molecule has 0 saturated carbocycles. The van der Waals surface area contributed by atoms with E-state index in [0.29, 0.717) is 0 Å². The van der Waals surface area contributed by atoms with Crippen molar-refractivity contribution in [2.75, 3.05) is 6.61 Å². The topological polar surface area (TPSA) is 89.6 Å². The smallest absolute Gasteiger partial charge is 0.321 e. The Balaban J connectivity index is 1.31. The van der Waals surface area contributed by atoms with Crippen LogP contribution in [0, 0.1) is 5.92 Å². The van der Waals surface area contributed by atoms with Crippen molar-refractivity contribution in [3.8, 4) is 11.1 Å². The molecule has 5 nitrogen and oxygen atoms in total. The number of hydrogen-bond donors (Lipinski definition) is 2. The Labute approximate surface area is 197 Å². The van der Waals surface area contributed by atoms with E-state index < -0.39 is 23.9 Å². The fraction of sp³-hybridized carbons (Fsp3) is 0.172. The van der Waals surface area contributed by atoms with Crippen LogP contribution in [-0.2, 0) is 20.7 Å². The minimum absolute atomic E-state index is 0.0688. The minimum atomic E-state index is -1.45. The summed E-state index contributed by atoms with van der Waals surface area (Å²) in [5.74, 6) is -3.66. The normalized spacial score (nSPS) is 14.3. The predicted molar refractivity (Wildman–Crippen MR) is 131 cm³/mol. The highest BCUT2D eigenvalue weighted by Crippen LogP contribution is 2.44. The van der Waals surface area contributed by atoms with Crippen LogP contribution in [0.4, 0.5) is 0 Å². The molecular weight excluding hydrogens is 426 g/mol. The van der Waals surface area contributed by atoms with Gasteiger partial charge in [0.25, 0.3) is 0 Å². The lowest BCUT2D eigenvalue weighted by Gasteiger charge is -2.21. The van der Waals surface area contributed by atoms with Crippen molar-refractivity contribution < 1.29 is 19.4 Å². The fourth-order valence-electron chi connectivity index (χ4n) is 4.91. The standard InChI is InChI=1S/C29H25NO4/c30-26(16-18-13-14-19-7-1-2-8-20(19)15-18)27(28(31)32)29(33)34-17-25-23-11-5-3-9-21(23)22-10-4-6-12-24(22)25/h1-15,25-27H,16-17,30H2,(H,31,32)/t26?,27-/m1/s1. The Morgan fingerprint density at radius 1 is 0.824 bits per heavy atom. The summed E-state index contributed by atoms with van der Waals surface area (Å²) in [4.78, 5) is 24.9. The number of esters is 1. The highest BCUT2D eigenvalue weighted by Gasteiger charge is 2.36. The van der Waals surface area contributed by atoms with Gasteiger partial charge in [-0.2, -0.15) is 0 Å². The number of ether oxygens (including phenoxy) is 1. The van der Waals surface area contributed by atoms with Gasteiger partial charge < -0.3 is 15.6 Å². The van der Waals surface area contributed by atoms with Crippen molar-refractivity contribution in [1.29, 1.82) is 0 Å². The molecule has 5 heteroatoms. The van der Waals surface area contributed by atoms with Crippen LogP contribution in [0.3, 0.4) is 0 Å². The summed E-state index contributed by atoms with van der Waals surface area (Å²) >= 11 is 0. The van der Waals surface area contributed by atoms with E-state index >= 15 is 0 Å². The first-order valence-electron chi connectivity index (χ1n) is 11.3. The summed E-state index contributed by atoms with van der Waals surface area (Å²) in [5.41, 5.74) is 11.5. The lowest BCUT2D eigenvalue weighted by molar-refractivity contribution is -0.159. The van der Waals surface area contributed by atoms with Gasteiger partial charge in [-0.3, -0.25) is 9.59 Å². The third kappa shape index (κ3) is 4.06. The molecule has 1 aliphatic carbocycles. The van der Waals surface area contributed by atoms with E-state index in [2.05, 4.69) is 12.1 Å². The van der Waals surface area contributed by atoms with Crippen molar-refractivity contribution >= 4 is 22.7 Å². The van der Waals surface area contributed by atoms with Crippen LogP contribution in [0.2, 0.25) is 0 Å². The van der Waals surface area contributed by atoms with Gasteiger partial charge in [0.15, 0.2) is 5.92 Å². The van der Waals surface area contributed by atoms with Crippen LogP contribution < -0.4 is 5.73 Å². The largest absolute Gasteiger partial charge is 0.481 e. The quantitative estimate of drug-likeness (QED) is 0.312. The van der Waals surface area contributed by atoms with Crippen LogP contribution in [-0.4, -0.2) is 29.7 Å². The molecule has 4 aromatic rings. The van der Waals surface area contributed by atoms with E-state index in [1.54, 1.807) is 0 Å². The number of carboxylic acid groups (broad SMARTS) is 1. The molecule has 1 unspecified atom stereocenters. The Bertz CT molecular complexity index is 1330. The second-order valence-corrected chi connectivity index (χ2v) is 8.72. The Morgan fingerprint density at radius 2 is 1.41 bits per heavy atom. The zero-order chi connectivity index (χ0) is 23.7. The molecule has 4 aromatic carbocycles. The number of carbonyl (C=O) groups is 2. The molecule has 170 valence electrons. The summed E-state index contributed by atoms with van der Waals surface area (Å²) in [7, 11) is 0. The Morgan fingerprint density at radius 3 is 2.06 bits per heavy atom. The van der Waals surface area contributed by atoms with E-state index in [0.717, 1.165) is 38.6 Å². The van der Waals surface area contributed by atoms with Gasteiger partial charge in [0.05, 0.1) is 0 Å². The highest BCUT2D eigenvalue weighted by atomic mass is 16.5. The van der Waals surface area contributed by atoms with Crippen molar-refractivity contribution in [3.63, 3.8) is 0 Å². The van der Waals surface area contributed by atoms with E-state index in [4.69, 9.17) is 10.5 Å². The lowest BCUT2D eigenvalue weighted by atomic mass is 9.93. The number of aliphatic carboxylic acids is 1. The Hall–Kier alpha value is -3.96. The van der Waals surface area contributed by atoms with Crippen LogP contribution in [0.1, 0.15) is 22.6 Å². The number of benzene rings is 4. The maximum atomic E-state index is 12.9. The molecule has 0 bridgehead atoms. The summed E-state index contributed by atoms with van der Waals surface area (Å²) in [5, 5.41) is 11.9. The highest BCUT2D eigenvalue weighted by molar-refractivity contribution is 5.95. The van der Waals surface area contributed by atoms with Gasteiger partial charge in [-0.15, -0.1) is 0 Å². The molecular formula is C29H25NO4. The van der Waals surface area contributed by atoms with Crippen LogP contribution in [0.15, 0.2) is 91.0 Å². The molecule has 5 rings (SSSR count). The zero-order valence-electron chi connectivity index (χ0n) is 18.6. The zero-order valence-corrected chi connectivity index (χ0v) is 18.6. The van der Waals surface area contributed by atoms with E-state index in [-0.39, 0.29) is 18.9 Å². The maximum absolute atomic E-state index is 12.9. The molecule has 0 spiro atoms. The molecule has 34 heavy (non-hydrogen) atoms. The first kappa shape index (κ1) is 21.9. The third-order valence-corrected chi connectivity index (χ3v) is 6.59. The monoisotopic (exact) mass is 451 g/mol. The second-order valence-electron chi connectivity index (χ2n) is 8.72. The van der Waals surface area contributed by atoms with Crippen molar-refractivity contribution in [3.05, 3.63) is 108 Å². The molecule has 0 saturated heterocycles. The minimum Gasteiger partial charge on any atom is -0.481 e. The van der Waals surface area contributed by atoms with E-state index in [9.17, 15) is 14.7 Å². The van der Waals surface area contributed by atoms with Gasteiger partial charge in [-0.1, -0.05) is 91.0 Å². The van der Waals surface area contributed by atoms with Gasteiger partial charge in [0.1, 0.15) is 6.61 Å². The third-order valence-electron chi connectivity index (χ3n) is 6.59. The molecule has 1 aliphatic rings. The molecule has 0 heterocycles. The number of rotatable bonds is 7. The first-order chi connectivity index (χ1) is 16.5. The molecule has 0 aliphatic heterocycles. The van der Waals surface area contributed by atoms with E-state index in [1.807, 2.05) is 78.9 Å². The van der Waals surface area contributed by atoms with Gasteiger partial charge in [0.2, 0.25) is 0 Å². The van der Waals surface area contributed by atoms with Crippen molar-refractivity contribution in [2.45, 2.75) is 18.4 Å². The number of carbonyl (C=O) groups excluding carboxylic acids is 1. The molecule has 0 radical (unpaired) electrons. The molecule has 0 fully saturated rings. The number of hydrogen-bond acceptors (Lipinski definition) is 4. The lowest BCUT2D eigenvalue weighted by Crippen LogP contribution is -2.43. The number of nitrogens with two attached hydrogens (primary N) is 1. The molecule has 3 N–H and O–H groups in total. The summed E-state index contributed by atoms with van der Waals surface area (Å²) in [6.45, 7) is 0.0688. The Kier molecular flexibility index (Phi) is 5.86. The van der Waals surface area contributed by atoms with Crippen molar-refractivity contribution in [1.82, 2.24) is 0 Å². The average molecular weight is 452 g/mol. The first-order valence-corrected chi connectivity index (χ1v) is 11.3. The summed E-state index contributed by atoms with van der Waals surface area (Å²) in [6.07, 6.45) is 0.256. The van der Waals surface area contributed by atoms with Crippen LogP contribution in [0.25, 0.3) is 21.9 Å². The van der Waals surface area contributed by atoms with Crippen LogP contribution in [0.5, 0.6) is 0 Å². The van der Waals surface area contributed by atoms with Crippen LogP contribution >= 0.6 is 0 Å². The fourth-order valence-corrected chi connectivity index (χ4v) is 4.91. The predicted octanol–water partition coefficient (Wildman–Crippen LogP) is 4.77. The average Bonchev–Trinajstić information content (AvgIpc) is 3.16. The number of carboxylic acids is 1. The van der Waals surface area contributed by atoms with Gasteiger partial charge in [0, 0.05) is 12.0 Å². The molecule has 2 atom stereocenters.